The lowest BCUT2D eigenvalue weighted by atomic mass is 9.98. The number of carbonyl (C=O) groups excluding carboxylic acids is 1. The third-order valence-electron chi connectivity index (χ3n) is 3.86. The Kier molecular flexibility index (Phi) is 5.68. The van der Waals surface area contributed by atoms with Crippen molar-refractivity contribution in [2.24, 2.45) is 5.84 Å². The van der Waals surface area contributed by atoms with Gasteiger partial charge in [-0.15, -0.1) is 0 Å². The molecule has 1 unspecified atom stereocenters. The Bertz CT molecular complexity index is 443. The fourth-order valence-electron chi connectivity index (χ4n) is 1.80. The second-order valence-corrected chi connectivity index (χ2v) is 5.80. The number of benzene rings is 1. The number of hydrogen-bond acceptors (Lipinski definition) is 4. The fraction of sp³-hybridized carbons (Fsp3) is 0.533. The molecule has 1 rings (SSSR count). The number of rotatable bonds is 6. The molecule has 20 heavy (non-hydrogen) atoms. The van der Waals surface area contributed by atoms with Gasteiger partial charge >= 0.3 is 0 Å². The van der Waals surface area contributed by atoms with Gasteiger partial charge in [0.05, 0.1) is 12.5 Å². The van der Waals surface area contributed by atoms with Gasteiger partial charge in [0, 0.05) is 12.1 Å². The Hall–Kier alpha value is -1.43. The van der Waals surface area contributed by atoms with E-state index in [4.69, 9.17) is 5.84 Å². The van der Waals surface area contributed by atoms with E-state index >= 15 is 0 Å². The zero-order chi connectivity index (χ0) is 15.3. The summed E-state index contributed by atoms with van der Waals surface area (Å²) >= 11 is 0. The van der Waals surface area contributed by atoms with Crippen LogP contribution in [0.1, 0.15) is 37.8 Å². The van der Waals surface area contributed by atoms with Gasteiger partial charge in [-0.2, -0.15) is 0 Å². The first-order chi connectivity index (χ1) is 9.31. The predicted octanol–water partition coefficient (Wildman–Crippen LogP) is 0.983. The summed E-state index contributed by atoms with van der Waals surface area (Å²) < 4.78 is 0. The number of aliphatic hydroxyl groups excluding tert-OH is 1. The number of nitrogens with one attached hydrogen (secondary N) is 1. The van der Waals surface area contributed by atoms with E-state index in [0.29, 0.717) is 0 Å². The lowest BCUT2D eigenvalue weighted by Gasteiger charge is -2.33. The van der Waals surface area contributed by atoms with Crippen molar-refractivity contribution in [1.82, 2.24) is 10.3 Å². The van der Waals surface area contributed by atoms with Gasteiger partial charge in [0.2, 0.25) is 5.91 Å². The summed E-state index contributed by atoms with van der Waals surface area (Å²) in [5.41, 5.74) is 3.97. The van der Waals surface area contributed by atoms with E-state index < -0.39 is 0 Å². The van der Waals surface area contributed by atoms with Crippen LogP contribution >= 0.6 is 0 Å². The minimum atomic E-state index is -0.263. The van der Waals surface area contributed by atoms with Crippen LogP contribution in [0.25, 0.3) is 0 Å². The maximum absolute atomic E-state index is 11.5. The number of likely N-dealkylation sites (N-methyl/N-ethyl adjacent to an activating group) is 1. The van der Waals surface area contributed by atoms with Crippen molar-refractivity contribution >= 4 is 5.91 Å². The lowest BCUT2D eigenvalue weighted by Crippen LogP contribution is -2.43. The van der Waals surface area contributed by atoms with Crippen LogP contribution in [-0.4, -0.2) is 35.1 Å². The molecule has 0 radical (unpaired) electrons. The van der Waals surface area contributed by atoms with Gasteiger partial charge in [0.1, 0.15) is 0 Å². The van der Waals surface area contributed by atoms with Gasteiger partial charge in [0.15, 0.2) is 0 Å². The average Bonchev–Trinajstić information content (AvgIpc) is 2.46. The summed E-state index contributed by atoms with van der Waals surface area (Å²) in [7, 11) is 1.98. The topological polar surface area (TPSA) is 78.6 Å². The maximum atomic E-state index is 11.5. The molecule has 0 saturated carbocycles. The summed E-state index contributed by atoms with van der Waals surface area (Å²) in [4.78, 5) is 13.6. The van der Waals surface area contributed by atoms with Crippen LogP contribution in [0.5, 0.6) is 0 Å². The van der Waals surface area contributed by atoms with Gasteiger partial charge in [-0.3, -0.25) is 15.1 Å². The standard InChI is InChI=1S/C15H25N3O2/c1-11(14(20)17-16)13-7-5-12(6-8-13)9-18(4)15(2,3)10-19/h5-8,11,19H,9-10,16H2,1-4H3,(H,17,20). The van der Waals surface area contributed by atoms with Crippen molar-refractivity contribution < 1.29 is 9.90 Å². The van der Waals surface area contributed by atoms with Crippen LogP contribution in [-0.2, 0) is 11.3 Å². The quantitative estimate of drug-likeness (QED) is 0.412. The molecule has 112 valence electrons. The van der Waals surface area contributed by atoms with Crippen LogP contribution in [0.2, 0.25) is 0 Å². The summed E-state index contributed by atoms with van der Waals surface area (Å²) in [6.45, 7) is 6.66. The molecular formula is C15H25N3O2. The van der Waals surface area contributed by atoms with Crippen LogP contribution in [0.3, 0.4) is 0 Å². The van der Waals surface area contributed by atoms with Crippen molar-refractivity contribution in [2.75, 3.05) is 13.7 Å². The molecule has 0 aromatic heterocycles. The van der Waals surface area contributed by atoms with Crippen molar-refractivity contribution in [2.45, 2.75) is 38.8 Å². The number of nitrogens with zero attached hydrogens (tertiary/aromatic N) is 1. The largest absolute Gasteiger partial charge is 0.394 e. The lowest BCUT2D eigenvalue weighted by molar-refractivity contribution is -0.122. The second kappa shape index (κ2) is 6.83. The second-order valence-electron chi connectivity index (χ2n) is 5.80. The smallest absolute Gasteiger partial charge is 0.241 e. The summed E-state index contributed by atoms with van der Waals surface area (Å²) in [5.74, 6) is 4.68. The molecule has 0 saturated heterocycles. The number of nitrogens with two attached hydrogens (primary N) is 1. The third kappa shape index (κ3) is 4.03. The highest BCUT2D eigenvalue weighted by Crippen LogP contribution is 2.19. The SMILES string of the molecule is CC(C(=O)NN)c1ccc(CN(C)C(C)(C)CO)cc1. The Morgan fingerprint density at radius 3 is 2.40 bits per heavy atom. The van der Waals surface area contributed by atoms with E-state index in [1.54, 1.807) is 0 Å². The predicted molar refractivity (Wildman–Crippen MR) is 79.8 cm³/mol. The highest BCUT2D eigenvalue weighted by molar-refractivity contribution is 5.82. The van der Waals surface area contributed by atoms with E-state index in [2.05, 4.69) is 10.3 Å². The van der Waals surface area contributed by atoms with Gasteiger partial charge < -0.3 is 5.11 Å². The monoisotopic (exact) mass is 279 g/mol. The first-order valence-corrected chi connectivity index (χ1v) is 6.73. The summed E-state index contributed by atoms with van der Waals surface area (Å²) in [6.07, 6.45) is 0. The maximum Gasteiger partial charge on any atom is 0.241 e. The molecule has 0 fully saturated rings. The molecule has 0 aliphatic rings. The summed E-state index contributed by atoms with van der Waals surface area (Å²) in [5, 5.41) is 9.35. The van der Waals surface area contributed by atoms with Gasteiger partial charge in [-0.05, 0) is 38.9 Å². The van der Waals surface area contributed by atoms with E-state index in [0.717, 1.165) is 17.7 Å². The molecule has 0 aliphatic carbocycles. The molecule has 1 amide bonds. The molecule has 1 aromatic rings. The van der Waals surface area contributed by atoms with Gasteiger partial charge in [0.25, 0.3) is 0 Å². The molecule has 1 aromatic carbocycles. The fourth-order valence-corrected chi connectivity index (χ4v) is 1.80. The van der Waals surface area contributed by atoms with Crippen molar-refractivity contribution in [3.05, 3.63) is 35.4 Å². The van der Waals surface area contributed by atoms with Crippen LogP contribution in [0, 0.1) is 0 Å². The molecular weight excluding hydrogens is 254 g/mol. The number of aliphatic hydroxyl groups is 1. The number of carbonyl (C=O) groups is 1. The highest BCUT2D eigenvalue weighted by Gasteiger charge is 2.22. The van der Waals surface area contributed by atoms with E-state index in [9.17, 15) is 9.90 Å². The average molecular weight is 279 g/mol. The first kappa shape index (κ1) is 16.6. The normalized spacial score (nSPS) is 13.3. The van der Waals surface area contributed by atoms with Crippen LogP contribution < -0.4 is 11.3 Å². The molecule has 0 bridgehead atoms. The van der Waals surface area contributed by atoms with Crippen molar-refractivity contribution in [3.63, 3.8) is 0 Å². The van der Waals surface area contributed by atoms with Crippen LogP contribution in [0.4, 0.5) is 0 Å². The molecule has 5 heteroatoms. The highest BCUT2D eigenvalue weighted by atomic mass is 16.3. The molecule has 5 nitrogen and oxygen atoms in total. The number of hydrazine groups is 1. The number of amides is 1. The van der Waals surface area contributed by atoms with E-state index in [1.807, 2.05) is 52.1 Å². The van der Waals surface area contributed by atoms with Gasteiger partial charge in [-0.1, -0.05) is 24.3 Å². The van der Waals surface area contributed by atoms with Crippen LogP contribution in [0.15, 0.2) is 24.3 Å². The van der Waals surface area contributed by atoms with E-state index in [-0.39, 0.29) is 24.0 Å². The zero-order valence-corrected chi connectivity index (χ0v) is 12.7. The number of hydrogen-bond donors (Lipinski definition) is 3. The minimum Gasteiger partial charge on any atom is -0.394 e. The summed E-state index contributed by atoms with van der Waals surface area (Å²) in [6, 6.07) is 7.88. The Morgan fingerprint density at radius 1 is 1.40 bits per heavy atom. The molecule has 0 heterocycles. The molecule has 0 spiro atoms. The molecule has 1 atom stereocenters. The Morgan fingerprint density at radius 2 is 1.95 bits per heavy atom. The van der Waals surface area contributed by atoms with Crippen molar-refractivity contribution in [3.8, 4) is 0 Å². The minimum absolute atomic E-state index is 0.106. The first-order valence-electron chi connectivity index (χ1n) is 6.73. The van der Waals surface area contributed by atoms with Gasteiger partial charge in [-0.25, -0.2) is 5.84 Å². The van der Waals surface area contributed by atoms with Crippen molar-refractivity contribution in [1.29, 1.82) is 0 Å². The molecule has 4 N–H and O–H groups in total. The molecule has 0 aliphatic heterocycles. The Balaban J connectivity index is 2.75. The third-order valence-corrected chi connectivity index (χ3v) is 3.86. The Labute approximate surface area is 120 Å². The zero-order valence-electron chi connectivity index (χ0n) is 12.7. The van der Waals surface area contributed by atoms with E-state index in [1.165, 1.54) is 0 Å².